The fraction of sp³-hybridized carbons (Fsp3) is 0.692. The second-order valence-corrected chi connectivity index (χ2v) is 5.31. The third-order valence-corrected chi connectivity index (χ3v) is 3.79. The molecule has 2 rings (SSSR count). The maximum atomic E-state index is 12.3. The van der Waals surface area contributed by atoms with Gasteiger partial charge in [-0.2, -0.15) is 0 Å². The van der Waals surface area contributed by atoms with Crippen molar-refractivity contribution in [2.75, 3.05) is 26.2 Å². The molecular formula is C13H19N3O5. The number of piperazine rings is 1. The first-order chi connectivity index (χ1) is 9.99. The summed E-state index contributed by atoms with van der Waals surface area (Å²) in [7, 11) is 0. The molecule has 2 aliphatic rings. The number of amides is 3. The minimum atomic E-state index is -1.16. The SMILES string of the molecule is O=C1CN(C(=O)CN2CCCCCC2=O)C(C(=O)O)CN1. The first-order valence-corrected chi connectivity index (χ1v) is 7.06. The van der Waals surface area contributed by atoms with Gasteiger partial charge >= 0.3 is 5.97 Å². The van der Waals surface area contributed by atoms with Gasteiger partial charge in [0, 0.05) is 19.5 Å². The highest BCUT2D eigenvalue weighted by Gasteiger charge is 2.36. The van der Waals surface area contributed by atoms with Crippen LogP contribution in [0.1, 0.15) is 25.7 Å². The standard InChI is InChI=1S/C13H19N3O5/c17-10-7-16(9(6-14-10)13(20)21)12(19)8-15-5-3-1-2-4-11(15)18/h9H,1-8H2,(H,14,17)(H,20,21). The van der Waals surface area contributed by atoms with Crippen LogP contribution >= 0.6 is 0 Å². The average molecular weight is 297 g/mol. The maximum Gasteiger partial charge on any atom is 0.328 e. The van der Waals surface area contributed by atoms with Crippen LogP contribution in [-0.2, 0) is 19.2 Å². The Morgan fingerprint density at radius 3 is 2.71 bits per heavy atom. The first kappa shape index (κ1) is 15.3. The number of hydrogen-bond acceptors (Lipinski definition) is 4. The lowest BCUT2D eigenvalue weighted by Crippen LogP contribution is -2.60. The topological polar surface area (TPSA) is 107 Å². The number of carboxylic acid groups (broad SMARTS) is 1. The number of rotatable bonds is 3. The van der Waals surface area contributed by atoms with E-state index in [0.29, 0.717) is 13.0 Å². The van der Waals surface area contributed by atoms with Crippen molar-refractivity contribution < 1.29 is 24.3 Å². The number of aliphatic carboxylic acids is 1. The number of carbonyl (C=O) groups is 4. The van der Waals surface area contributed by atoms with Crippen LogP contribution in [0.4, 0.5) is 0 Å². The van der Waals surface area contributed by atoms with Gasteiger partial charge in [-0.1, -0.05) is 6.42 Å². The number of carbonyl (C=O) groups excluding carboxylic acids is 3. The quantitative estimate of drug-likeness (QED) is 0.680. The molecule has 21 heavy (non-hydrogen) atoms. The minimum Gasteiger partial charge on any atom is -0.480 e. The highest BCUT2D eigenvalue weighted by atomic mass is 16.4. The fourth-order valence-electron chi connectivity index (χ4n) is 2.58. The summed E-state index contributed by atoms with van der Waals surface area (Å²) in [6.45, 7) is -0.0378. The van der Waals surface area contributed by atoms with Crippen LogP contribution < -0.4 is 5.32 Å². The summed E-state index contributed by atoms with van der Waals surface area (Å²) in [6, 6.07) is -1.07. The maximum absolute atomic E-state index is 12.3. The van der Waals surface area contributed by atoms with Gasteiger partial charge in [-0.25, -0.2) is 4.79 Å². The molecule has 2 aliphatic heterocycles. The zero-order valence-corrected chi connectivity index (χ0v) is 11.7. The van der Waals surface area contributed by atoms with E-state index in [1.54, 1.807) is 0 Å². The molecule has 8 heteroatoms. The van der Waals surface area contributed by atoms with Crippen LogP contribution in [0, 0.1) is 0 Å². The molecule has 2 fully saturated rings. The smallest absolute Gasteiger partial charge is 0.328 e. The van der Waals surface area contributed by atoms with Gasteiger partial charge in [-0.15, -0.1) is 0 Å². The zero-order valence-electron chi connectivity index (χ0n) is 11.7. The van der Waals surface area contributed by atoms with E-state index in [4.69, 9.17) is 5.11 Å². The normalized spacial score (nSPS) is 23.5. The highest BCUT2D eigenvalue weighted by molar-refractivity contribution is 5.93. The molecule has 116 valence electrons. The Morgan fingerprint density at radius 2 is 2.00 bits per heavy atom. The van der Waals surface area contributed by atoms with Crippen molar-refractivity contribution in [1.82, 2.24) is 15.1 Å². The van der Waals surface area contributed by atoms with Crippen molar-refractivity contribution in [3.05, 3.63) is 0 Å². The molecule has 1 unspecified atom stereocenters. The second kappa shape index (κ2) is 6.55. The molecule has 0 radical (unpaired) electrons. The molecule has 2 heterocycles. The Labute approximate surface area is 122 Å². The number of hydrogen-bond donors (Lipinski definition) is 2. The Hall–Kier alpha value is -2.12. The molecule has 2 N–H and O–H groups in total. The highest BCUT2D eigenvalue weighted by Crippen LogP contribution is 2.12. The van der Waals surface area contributed by atoms with Crippen molar-refractivity contribution in [2.24, 2.45) is 0 Å². The molecule has 0 saturated carbocycles. The van der Waals surface area contributed by atoms with Crippen LogP contribution in [0.2, 0.25) is 0 Å². The molecule has 0 bridgehead atoms. The van der Waals surface area contributed by atoms with E-state index in [0.717, 1.165) is 24.2 Å². The lowest BCUT2D eigenvalue weighted by atomic mass is 10.2. The van der Waals surface area contributed by atoms with Gasteiger partial charge in [0.25, 0.3) is 0 Å². The summed E-state index contributed by atoms with van der Waals surface area (Å²) >= 11 is 0. The van der Waals surface area contributed by atoms with Crippen molar-refractivity contribution in [3.63, 3.8) is 0 Å². The van der Waals surface area contributed by atoms with E-state index in [1.165, 1.54) is 4.90 Å². The second-order valence-electron chi connectivity index (χ2n) is 5.31. The number of carboxylic acids is 1. The van der Waals surface area contributed by atoms with Gasteiger partial charge in [-0.3, -0.25) is 14.4 Å². The zero-order chi connectivity index (χ0) is 15.4. The minimum absolute atomic E-state index is 0.0887. The Kier molecular flexibility index (Phi) is 4.77. The van der Waals surface area contributed by atoms with Crippen molar-refractivity contribution >= 4 is 23.7 Å². The largest absolute Gasteiger partial charge is 0.480 e. The van der Waals surface area contributed by atoms with Gasteiger partial charge in [0.2, 0.25) is 17.7 Å². The monoisotopic (exact) mass is 297 g/mol. The van der Waals surface area contributed by atoms with Gasteiger partial charge in [-0.05, 0) is 12.8 Å². The van der Waals surface area contributed by atoms with Crippen LogP contribution in [0.25, 0.3) is 0 Å². The van der Waals surface area contributed by atoms with Gasteiger partial charge < -0.3 is 20.2 Å². The Bertz CT molecular complexity index is 465. The molecule has 0 aromatic rings. The third-order valence-electron chi connectivity index (χ3n) is 3.79. The van der Waals surface area contributed by atoms with E-state index >= 15 is 0 Å². The molecule has 0 aliphatic carbocycles. The summed E-state index contributed by atoms with van der Waals surface area (Å²) in [6.07, 6.45) is 3.01. The van der Waals surface area contributed by atoms with Gasteiger partial charge in [0.05, 0.1) is 6.54 Å². The third kappa shape index (κ3) is 3.71. The van der Waals surface area contributed by atoms with Crippen molar-refractivity contribution in [1.29, 1.82) is 0 Å². The molecule has 0 spiro atoms. The van der Waals surface area contributed by atoms with Crippen LogP contribution in [0.3, 0.4) is 0 Å². The molecule has 8 nitrogen and oxygen atoms in total. The molecular weight excluding hydrogens is 278 g/mol. The number of likely N-dealkylation sites (tertiary alicyclic amines) is 1. The van der Waals surface area contributed by atoms with E-state index < -0.39 is 17.9 Å². The van der Waals surface area contributed by atoms with E-state index in [-0.39, 0.29) is 31.4 Å². The van der Waals surface area contributed by atoms with Crippen molar-refractivity contribution in [2.45, 2.75) is 31.7 Å². The van der Waals surface area contributed by atoms with Gasteiger partial charge in [0.15, 0.2) is 0 Å². The molecule has 0 aromatic heterocycles. The lowest BCUT2D eigenvalue weighted by Gasteiger charge is -2.34. The first-order valence-electron chi connectivity index (χ1n) is 7.06. The summed E-state index contributed by atoms with van der Waals surface area (Å²) < 4.78 is 0. The van der Waals surface area contributed by atoms with E-state index in [1.807, 2.05) is 0 Å². The summed E-state index contributed by atoms with van der Waals surface area (Å²) in [4.78, 5) is 49.2. The molecule has 2 saturated heterocycles. The summed E-state index contributed by atoms with van der Waals surface area (Å²) in [5, 5.41) is 11.5. The van der Waals surface area contributed by atoms with Crippen LogP contribution in [0.15, 0.2) is 0 Å². The number of nitrogens with zero attached hydrogens (tertiary/aromatic N) is 2. The Balaban J connectivity index is 2.04. The Morgan fingerprint density at radius 1 is 1.24 bits per heavy atom. The van der Waals surface area contributed by atoms with Crippen LogP contribution in [-0.4, -0.2) is 70.8 Å². The lowest BCUT2D eigenvalue weighted by molar-refractivity contribution is -0.155. The molecule has 0 aromatic carbocycles. The molecule has 1 atom stereocenters. The van der Waals surface area contributed by atoms with Gasteiger partial charge in [0.1, 0.15) is 12.6 Å². The summed E-state index contributed by atoms with van der Waals surface area (Å²) in [5.74, 6) is -2.13. The summed E-state index contributed by atoms with van der Waals surface area (Å²) in [5.41, 5.74) is 0. The fourth-order valence-corrected chi connectivity index (χ4v) is 2.58. The van der Waals surface area contributed by atoms with E-state index in [9.17, 15) is 19.2 Å². The molecule has 3 amide bonds. The van der Waals surface area contributed by atoms with Crippen molar-refractivity contribution in [3.8, 4) is 0 Å². The number of nitrogens with one attached hydrogen (secondary N) is 1. The predicted octanol–water partition coefficient (Wildman–Crippen LogP) is -1.20. The van der Waals surface area contributed by atoms with Crippen LogP contribution in [0.5, 0.6) is 0 Å². The predicted molar refractivity (Wildman–Crippen MR) is 71.2 cm³/mol. The average Bonchev–Trinajstić information content (AvgIpc) is 2.63. The van der Waals surface area contributed by atoms with E-state index in [2.05, 4.69) is 5.32 Å².